The zero-order chi connectivity index (χ0) is 47.1. The Hall–Kier alpha value is -2.54. The van der Waals surface area contributed by atoms with E-state index in [4.69, 9.17) is 28.4 Å². The maximum Gasteiger partial charge on any atom is 0.331 e. The standard InChI is InChI=1S/C48H78O15/c1-12-34-31(9)62-47(56,23-37(34)50)29(7)42(53)27(5)45-25(3)18-14-16-21-40(52)61-46(26(4)19-15-17-20-39(51)60-45)28(6)43(54)30(8)48(57)24-38(35(13-2)32(10)63-48)59-41-22-36(49)44(55)33(11)58-41/h14-21,25-38,41-46,49-50,53-57H,12-13,22-24H2,1-11H3. The number of aliphatic hydroxyl groups is 7. The summed E-state index contributed by atoms with van der Waals surface area (Å²) < 4.78 is 36.4. The molecular formula is C48H78O15. The molecule has 0 aromatic carbocycles. The van der Waals surface area contributed by atoms with Gasteiger partial charge in [0, 0.05) is 78.8 Å². The number of carbonyl (C=O) groups excluding carboxylic acids is 2. The average Bonchev–Trinajstić information content (AvgIpc) is 3.21. The Labute approximate surface area is 374 Å². The molecule has 0 saturated carbocycles. The summed E-state index contributed by atoms with van der Waals surface area (Å²) in [5, 5.41) is 78.6. The first-order chi connectivity index (χ1) is 29.5. The lowest BCUT2D eigenvalue weighted by Crippen LogP contribution is -2.59. The maximum absolute atomic E-state index is 13.4. The third kappa shape index (κ3) is 12.9. The van der Waals surface area contributed by atoms with Crippen LogP contribution in [0.15, 0.2) is 48.6 Å². The highest BCUT2D eigenvalue weighted by atomic mass is 16.7. The second kappa shape index (κ2) is 22.8. The highest BCUT2D eigenvalue weighted by Gasteiger charge is 2.53. The quantitative estimate of drug-likeness (QED) is 0.136. The van der Waals surface area contributed by atoms with Crippen LogP contribution in [0.4, 0.5) is 0 Å². The first-order valence-electron chi connectivity index (χ1n) is 23.1. The molecule has 3 fully saturated rings. The minimum Gasteiger partial charge on any atom is -0.458 e. The van der Waals surface area contributed by atoms with Crippen molar-refractivity contribution in [1.29, 1.82) is 0 Å². The number of ether oxygens (including phenoxy) is 6. The summed E-state index contributed by atoms with van der Waals surface area (Å²) in [6.07, 6.45) is 3.31. The summed E-state index contributed by atoms with van der Waals surface area (Å²) >= 11 is 0. The Morgan fingerprint density at radius 2 is 1.11 bits per heavy atom. The van der Waals surface area contributed by atoms with Gasteiger partial charge in [0.2, 0.25) is 0 Å². The van der Waals surface area contributed by atoms with E-state index in [-0.39, 0.29) is 31.1 Å². The number of hydrogen-bond acceptors (Lipinski definition) is 15. The predicted molar refractivity (Wildman–Crippen MR) is 233 cm³/mol. The molecule has 0 spiro atoms. The number of rotatable bonds is 12. The van der Waals surface area contributed by atoms with Crippen molar-refractivity contribution in [3.63, 3.8) is 0 Å². The van der Waals surface area contributed by atoms with Gasteiger partial charge in [-0.25, -0.2) is 9.59 Å². The summed E-state index contributed by atoms with van der Waals surface area (Å²) in [4.78, 5) is 26.7. The number of aliphatic hydroxyl groups excluding tert-OH is 5. The van der Waals surface area contributed by atoms with Crippen molar-refractivity contribution in [3.05, 3.63) is 48.6 Å². The van der Waals surface area contributed by atoms with E-state index in [2.05, 4.69) is 0 Å². The number of carbonyl (C=O) groups is 2. The zero-order valence-electron chi connectivity index (χ0n) is 39.1. The molecule has 15 nitrogen and oxygen atoms in total. The van der Waals surface area contributed by atoms with E-state index in [0.717, 1.165) is 0 Å². The number of esters is 2. The van der Waals surface area contributed by atoms with Crippen molar-refractivity contribution in [2.24, 2.45) is 47.3 Å². The van der Waals surface area contributed by atoms with Gasteiger partial charge in [-0.15, -0.1) is 0 Å². The maximum atomic E-state index is 13.4. The van der Waals surface area contributed by atoms with Crippen molar-refractivity contribution in [2.45, 2.75) is 193 Å². The van der Waals surface area contributed by atoms with Crippen LogP contribution in [-0.2, 0) is 38.0 Å². The Morgan fingerprint density at radius 3 is 1.54 bits per heavy atom. The second-order valence-corrected chi connectivity index (χ2v) is 19.0. The fourth-order valence-electron chi connectivity index (χ4n) is 10.2. The SMILES string of the molecule is CCC1C(O)CC(O)(C(C)C(O)C(C)C2OC(=O)C=CC=CC(C)C(C(C)C(O)C(C)C3(O)CC(OC4CC(O)C(O)C(C)O4)C(CC)C(C)O3)OC(=O)C=CC=CC2C)OC1C. The van der Waals surface area contributed by atoms with Crippen LogP contribution in [0, 0.1) is 47.3 Å². The molecule has 0 aromatic rings. The predicted octanol–water partition coefficient (Wildman–Crippen LogP) is 4.24. The fraction of sp³-hybridized carbons (Fsp3) is 0.792. The van der Waals surface area contributed by atoms with E-state index in [1.807, 2.05) is 20.8 Å². The molecule has 22 atom stereocenters. The van der Waals surface area contributed by atoms with Gasteiger partial charge in [-0.05, 0) is 33.6 Å². The molecule has 0 aromatic heterocycles. The fourth-order valence-corrected chi connectivity index (χ4v) is 10.2. The topological polar surface area (TPSA) is 231 Å². The second-order valence-electron chi connectivity index (χ2n) is 19.0. The Morgan fingerprint density at radius 1 is 0.667 bits per heavy atom. The van der Waals surface area contributed by atoms with Gasteiger partial charge in [0.1, 0.15) is 18.3 Å². The molecule has 4 heterocycles. The summed E-state index contributed by atoms with van der Waals surface area (Å²) in [6.45, 7) is 19.6. The van der Waals surface area contributed by atoms with Crippen LogP contribution >= 0.6 is 0 Å². The minimum atomic E-state index is -1.86. The lowest BCUT2D eigenvalue weighted by Gasteiger charge is -2.50. The summed E-state index contributed by atoms with van der Waals surface area (Å²) in [7, 11) is 0. The van der Waals surface area contributed by atoms with E-state index in [0.29, 0.717) is 12.8 Å². The van der Waals surface area contributed by atoms with Crippen LogP contribution in [0.2, 0.25) is 0 Å². The summed E-state index contributed by atoms with van der Waals surface area (Å²) in [6, 6.07) is 0. The molecule has 0 aliphatic carbocycles. The van der Waals surface area contributed by atoms with E-state index in [1.54, 1.807) is 79.7 Å². The van der Waals surface area contributed by atoms with Crippen LogP contribution in [0.1, 0.15) is 108 Å². The third-order valence-electron chi connectivity index (χ3n) is 14.5. The van der Waals surface area contributed by atoms with Crippen molar-refractivity contribution < 1.29 is 73.8 Å². The first-order valence-corrected chi connectivity index (χ1v) is 23.1. The van der Waals surface area contributed by atoms with E-state index >= 15 is 0 Å². The van der Waals surface area contributed by atoms with Gasteiger partial charge in [-0.2, -0.15) is 0 Å². The van der Waals surface area contributed by atoms with Crippen LogP contribution in [0.25, 0.3) is 0 Å². The normalized spacial score (nSPS) is 42.7. The van der Waals surface area contributed by atoms with Crippen LogP contribution in [-0.4, -0.2) is 133 Å². The van der Waals surface area contributed by atoms with Gasteiger partial charge < -0.3 is 64.2 Å². The van der Waals surface area contributed by atoms with Crippen molar-refractivity contribution in [3.8, 4) is 0 Å². The average molecular weight is 895 g/mol. The van der Waals surface area contributed by atoms with E-state index in [9.17, 15) is 45.3 Å². The van der Waals surface area contributed by atoms with Crippen LogP contribution in [0.3, 0.4) is 0 Å². The Balaban J connectivity index is 1.50. The highest BCUT2D eigenvalue weighted by Crippen LogP contribution is 2.44. The molecule has 63 heavy (non-hydrogen) atoms. The molecule has 0 amide bonds. The zero-order valence-corrected chi connectivity index (χ0v) is 39.1. The largest absolute Gasteiger partial charge is 0.458 e. The van der Waals surface area contributed by atoms with Gasteiger partial charge >= 0.3 is 11.9 Å². The molecule has 15 heteroatoms. The van der Waals surface area contributed by atoms with Crippen LogP contribution in [0.5, 0.6) is 0 Å². The Bertz CT molecular complexity index is 1570. The molecular weight excluding hydrogens is 817 g/mol. The van der Waals surface area contributed by atoms with Gasteiger partial charge in [-0.3, -0.25) is 0 Å². The third-order valence-corrected chi connectivity index (χ3v) is 14.5. The Kier molecular flexibility index (Phi) is 19.2. The van der Waals surface area contributed by atoms with Gasteiger partial charge in [0.25, 0.3) is 0 Å². The summed E-state index contributed by atoms with van der Waals surface area (Å²) in [5.41, 5.74) is 0. The van der Waals surface area contributed by atoms with E-state index in [1.165, 1.54) is 24.3 Å². The number of hydrogen-bond donors (Lipinski definition) is 7. The first kappa shape index (κ1) is 53.1. The molecule has 3 saturated heterocycles. The molecule has 0 bridgehead atoms. The van der Waals surface area contributed by atoms with Crippen LogP contribution < -0.4 is 0 Å². The van der Waals surface area contributed by atoms with Crippen molar-refractivity contribution in [1.82, 2.24) is 0 Å². The molecule has 0 radical (unpaired) electrons. The molecule has 4 aliphatic rings. The van der Waals surface area contributed by atoms with Crippen molar-refractivity contribution in [2.75, 3.05) is 0 Å². The molecule has 22 unspecified atom stereocenters. The molecule has 4 aliphatic heterocycles. The van der Waals surface area contributed by atoms with E-state index < -0.39 is 132 Å². The lowest BCUT2D eigenvalue weighted by molar-refractivity contribution is -0.344. The lowest BCUT2D eigenvalue weighted by atomic mass is 9.76. The minimum absolute atomic E-state index is 0.0148. The van der Waals surface area contributed by atoms with Crippen molar-refractivity contribution >= 4 is 11.9 Å². The number of cyclic esters (lactones) is 2. The summed E-state index contributed by atoms with van der Waals surface area (Å²) in [5.74, 6) is -9.49. The highest BCUT2D eigenvalue weighted by molar-refractivity contribution is 5.83. The van der Waals surface area contributed by atoms with Gasteiger partial charge in [-0.1, -0.05) is 91.8 Å². The number of allylic oxidation sites excluding steroid dienone is 4. The smallest absolute Gasteiger partial charge is 0.331 e. The van der Waals surface area contributed by atoms with Gasteiger partial charge in [0.05, 0.1) is 48.8 Å². The molecule has 360 valence electrons. The monoisotopic (exact) mass is 895 g/mol. The van der Waals surface area contributed by atoms with Gasteiger partial charge in [0.15, 0.2) is 17.9 Å². The molecule has 7 N–H and O–H groups in total. The molecule has 4 rings (SSSR count).